The molecule has 26 heteroatoms. The van der Waals surface area contributed by atoms with Crippen molar-refractivity contribution in [3.05, 3.63) is 35.9 Å². The number of amides is 6. The van der Waals surface area contributed by atoms with Crippen molar-refractivity contribution in [3.63, 3.8) is 0 Å². The topological polar surface area (TPSA) is 418 Å². The number of alkyl halides is 1. The number of nitrogens with one attached hydrogen (secondary N) is 6. The molecule has 0 aromatic heterocycles. The van der Waals surface area contributed by atoms with Crippen LogP contribution < -0.4 is 54.8 Å². The molecule has 1 aliphatic heterocycles. The maximum atomic E-state index is 14.8. The molecule has 1 spiro atoms. The molecule has 6 amide bonds. The van der Waals surface area contributed by atoms with Crippen LogP contribution in [0.2, 0.25) is 0 Å². The number of nitrogens with zero attached hydrogens (tertiary/aromatic N) is 2. The summed E-state index contributed by atoms with van der Waals surface area (Å²) in [6.45, 7) is 19.6. The van der Waals surface area contributed by atoms with E-state index in [1.165, 1.54) is 20.8 Å². The number of esters is 1. The summed E-state index contributed by atoms with van der Waals surface area (Å²) in [6, 6.07) is 3.20. The third kappa shape index (κ3) is 24.7. The number of hydrogen-bond acceptors (Lipinski definition) is 15. The molecule has 0 bridgehead atoms. The first-order valence-electron chi connectivity index (χ1n) is 33.9. The number of carbonyl (C=O) groups excluding carboxylic acids is 11. The largest absolute Gasteiger partial charge is 0.458 e. The van der Waals surface area contributed by atoms with E-state index < -0.39 is 180 Å². The Labute approximate surface area is 554 Å². The molecule has 1 aliphatic carbocycles. The van der Waals surface area contributed by atoms with Gasteiger partial charge in [0.05, 0.1) is 36.8 Å². The zero-order valence-electron chi connectivity index (χ0n) is 57.6. The lowest BCUT2D eigenvalue weighted by Crippen LogP contribution is -2.57. The fourth-order valence-corrected chi connectivity index (χ4v) is 11.9. The van der Waals surface area contributed by atoms with Crippen molar-refractivity contribution in [2.45, 2.75) is 234 Å². The summed E-state index contributed by atoms with van der Waals surface area (Å²) < 4.78 is 20.1. The second-order valence-electron chi connectivity index (χ2n) is 26.5. The number of Topliss-reactive ketones (excluding diaryl/α,β-unsaturated/α-hetero) is 4. The summed E-state index contributed by atoms with van der Waals surface area (Å²) in [5.74, 6) is -15.3. The Bertz CT molecular complexity index is 2780. The number of aliphatic hydroxyl groups excluding tert-OH is 1. The monoisotopic (exact) mass is 1320 g/mol. The van der Waals surface area contributed by atoms with Crippen molar-refractivity contribution in [3.8, 4) is 0 Å². The van der Waals surface area contributed by atoms with Gasteiger partial charge in [0.25, 0.3) is 0 Å². The Morgan fingerprint density at radius 1 is 0.681 bits per heavy atom. The van der Waals surface area contributed by atoms with Crippen molar-refractivity contribution in [2.75, 3.05) is 19.7 Å². The van der Waals surface area contributed by atoms with Gasteiger partial charge in [0.2, 0.25) is 35.4 Å². The zero-order valence-corrected chi connectivity index (χ0v) is 57.6. The van der Waals surface area contributed by atoms with E-state index in [1.54, 1.807) is 34.6 Å². The number of benzene rings is 1. The average molecular weight is 1320 g/mol. The lowest BCUT2D eigenvalue weighted by Gasteiger charge is -2.31. The van der Waals surface area contributed by atoms with Crippen molar-refractivity contribution in [1.29, 1.82) is 0 Å². The smallest absolute Gasteiger partial charge is 0.329 e. The molecule has 0 radical (unpaired) electrons. The molecule has 3 unspecified atom stereocenters. The SMILES string of the molecule is CC[C@H](Cc1ccccc1)C(=O)N[C@H](C(=O)C[C@@H](CCCN=C(N)N)C(=O)N[C@H](CCCN=C(N)N)C(=O)C[C@@H](C(=O)N[C@H](C(=O)C[C@@H](CO)C(=O)N[C@H]1C(=O)C[C@@H](C)C(=O)NC2(CC2CC(C)F)C(=O)N[C@@H]([C@@H](C)CC)C(=O)O[C@H]1C)[C@@H](C)CC)[C@@H](C)CC)[C@@H](C)CC. The quantitative estimate of drug-likeness (QED) is 0.0193. The molecule has 15 N–H and O–H groups in total. The fourth-order valence-electron chi connectivity index (χ4n) is 11.9. The molecule has 1 saturated heterocycles. The maximum absolute atomic E-state index is 14.8. The first kappa shape index (κ1) is 80.9. The van der Waals surface area contributed by atoms with Crippen LogP contribution in [-0.4, -0.2) is 149 Å². The van der Waals surface area contributed by atoms with Crippen LogP contribution in [0.3, 0.4) is 0 Å². The molecule has 1 aromatic carbocycles. The molecule has 2 fully saturated rings. The minimum Gasteiger partial charge on any atom is -0.458 e. The highest BCUT2D eigenvalue weighted by Gasteiger charge is 2.62. The summed E-state index contributed by atoms with van der Waals surface area (Å²) in [5.41, 5.74) is 21.9. The first-order chi connectivity index (χ1) is 44.3. The van der Waals surface area contributed by atoms with Crippen LogP contribution in [0.15, 0.2) is 40.3 Å². The predicted molar refractivity (Wildman–Crippen MR) is 356 cm³/mol. The molecule has 2 aliphatic rings. The molecule has 25 nitrogen and oxygen atoms in total. The standard InChI is InChI=1S/C68H111FN12O13/c1-13-37(6)49(34-51(83)50(26-22-28-75-67(72)73)76-61(89)46(25-21-27-74-66(70)71)32-53(85)55(38(7)14-2)77-60(88)45(17-5)31-44-23-19-18-20-24-44)63(91)78-56(39(8)15-3)54(86)33-47(36-82)62(90)79-58-43(12)94-64(92)57(40(9)16-4)80-65(93)68(35-48(68)30-42(11)69)81-59(87)41(10)29-52(58)84/h18-20,23-24,37-43,45-50,55-58,82H,13-17,21-22,25-36H2,1-12H3,(H,76,89)(H,77,88)(H,78,91)(H,79,90)(H,80,93)(H,81,87)(H4,70,71,74)(H4,72,73,75)/t37-,38-,39-,40-,41+,42?,43-,45+,46+,47-,48?,49+,50+,55-,56-,57-,58+,68?/m0/s1. The van der Waals surface area contributed by atoms with E-state index in [0.29, 0.717) is 38.5 Å². The van der Waals surface area contributed by atoms with Gasteiger partial charge in [0.1, 0.15) is 23.7 Å². The van der Waals surface area contributed by atoms with E-state index in [0.717, 1.165) is 5.56 Å². The van der Waals surface area contributed by atoms with E-state index in [1.807, 2.05) is 58.0 Å². The number of ether oxygens (including phenoxy) is 1. The molecule has 3 rings (SSSR count). The third-order valence-electron chi connectivity index (χ3n) is 19.1. The number of carbonyl (C=O) groups is 11. The van der Waals surface area contributed by atoms with Crippen molar-refractivity contribution in [1.82, 2.24) is 31.9 Å². The highest BCUT2D eigenvalue weighted by atomic mass is 19.1. The number of aliphatic imine (C=N–C) groups is 2. The van der Waals surface area contributed by atoms with Gasteiger partial charge in [-0.25, -0.2) is 9.18 Å². The Balaban J connectivity index is 1.94. The second kappa shape index (κ2) is 39.5. The number of cyclic esters (lactones) is 1. The molecule has 1 aromatic rings. The molecular formula is C68H111FN12O13. The average Bonchev–Trinajstić information content (AvgIpc) is 1.58. The van der Waals surface area contributed by atoms with Gasteiger partial charge in [0, 0.05) is 62.4 Å². The fraction of sp³-hybridized carbons (Fsp3) is 0.721. The van der Waals surface area contributed by atoms with Gasteiger partial charge >= 0.3 is 5.97 Å². The van der Waals surface area contributed by atoms with Crippen molar-refractivity contribution in [2.24, 2.45) is 92.1 Å². The number of halogens is 1. The summed E-state index contributed by atoms with van der Waals surface area (Å²) in [4.78, 5) is 166. The van der Waals surface area contributed by atoms with Crippen molar-refractivity contribution >= 4 is 76.5 Å². The number of hydrogen-bond donors (Lipinski definition) is 11. The number of guanidine groups is 2. The van der Waals surface area contributed by atoms with Gasteiger partial charge in [-0.1, -0.05) is 125 Å². The maximum Gasteiger partial charge on any atom is 0.329 e. The highest BCUT2D eigenvalue weighted by molar-refractivity contribution is 6.01. The number of ketones is 4. The highest BCUT2D eigenvalue weighted by Crippen LogP contribution is 2.48. The van der Waals surface area contributed by atoms with E-state index >= 15 is 0 Å². The van der Waals surface area contributed by atoms with E-state index in [9.17, 15) is 62.2 Å². The number of nitrogens with two attached hydrogens (primary N) is 4. The Hall–Kier alpha value is -7.38. The van der Waals surface area contributed by atoms with E-state index in [-0.39, 0.29) is 87.6 Å². The number of rotatable bonds is 39. The number of aliphatic hydroxyl groups is 1. The van der Waals surface area contributed by atoms with Crippen LogP contribution in [0.5, 0.6) is 0 Å². The van der Waals surface area contributed by atoms with E-state index in [4.69, 9.17) is 27.7 Å². The van der Waals surface area contributed by atoms with E-state index in [2.05, 4.69) is 41.9 Å². The lowest BCUT2D eigenvalue weighted by atomic mass is 9.83. The summed E-state index contributed by atoms with van der Waals surface area (Å²) >= 11 is 0. The molecule has 1 heterocycles. The van der Waals surface area contributed by atoms with Crippen LogP contribution in [0.25, 0.3) is 0 Å². The minimum atomic E-state index is -1.62. The Morgan fingerprint density at radius 2 is 1.22 bits per heavy atom. The minimum absolute atomic E-state index is 0.0106. The van der Waals surface area contributed by atoms with Gasteiger partial charge in [-0.15, -0.1) is 0 Å². The third-order valence-corrected chi connectivity index (χ3v) is 19.1. The van der Waals surface area contributed by atoms with Crippen LogP contribution in [-0.2, 0) is 63.9 Å². The molecule has 94 heavy (non-hydrogen) atoms. The van der Waals surface area contributed by atoms with Crippen LogP contribution in [0.4, 0.5) is 4.39 Å². The van der Waals surface area contributed by atoms with Gasteiger partial charge in [0.15, 0.2) is 35.1 Å². The van der Waals surface area contributed by atoms with Gasteiger partial charge in [-0.05, 0) is 100 Å². The Kier molecular flexibility index (Phi) is 34.0. The lowest BCUT2D eigenvalue weighted by molar-refractivity contribution is -0.157. The molecule has 18 atom stereocenters. The van der Waals surface area contributed by atoms with Gasteiger partial charge in [-0.3, -0.25) is 57.9 Å². The predicted octanol–water partition coefficient (Wildman–Crippen LogP) is 3.85. The van der Waals surface area contributed by atoms with Crippen LogP contribution in [0.1, 0.15) is 185 Å². The van der Waals surface area contributed by atoms with Crippen LogP contribution >= 0.6 is 0 Å². The molecule has 528 valence electrons. The van der Waals surface area contributed by atoms with Gasteiger partial charge in [-0.2, -0.15) is 0 Å². The van der Waals surface area contributed by atoms with Gasteiger partial charge < -0.3 is 64.7 Å². The second-order valence-corrected chi connectivity index (χ2v) is 26.5. The Morgan fingerprint density at radius 3 is 1.74 bits per heavy atom. The molecule has 1 saturated carbocycles. The summed E-state index contributed by atoms with van der Waals surface area (Å²) in [6.07, 6.45) is -1.34. The first-order valence-corrected chi connectivity index (χ1v) is 33.9. The summed E-state index contributed by atoms with van der Waals surface area (Å²) in [5, 5.41) is 27.5. The normalized spacial score (nSPS) is 23.0. The summed E-state index contributed by atoms with van der Waals surface area (Å²) in [7, 11) is 0. The zero-order chi connectivity index (χ0) is 70.7. The van der Waals surface area contributed by atoms with Crippen LogP contribution in [0, 0.1) is 59.2 Å². The molecular weight excluding hydrogens is 1210 g/mol. The van der Waals surface area contributed by atoms with Crippen molar-refractivity contribution < 1.29 is 67.0 Å².